The van der Waals surface area contributed by atoms with Crippen molar-refractivity contribution in [2.24, 2.45) is 0 Å². The minimum Gasteiger partial charge on any atom is -0.383 e. The number of nitrogens with zero attached hydrogens (tertiary/aromatic N) is 1. The Kier molecular flexibility index (Phi) is 3.06. The van der Waals surface area contributed by atoms with E-state index in [-0.39, 0.29) is 18.1 Å². The second-order valence-corrected chi connectivity index (χ2v) is 5.19. The van der Waals surface area contributed by atoms with Gasteiger partial charge in [-0.2, -0.15) is 0 Å². The first-order valence-corrected chi connectivity index (χ1v) is 6.61. The molecule has 1 heterocycles. The molecule has 104 valence electrons. The number of hydrogen-bond donors (Lipinski definition) is 2. The third kappa shape index (κ3) is 2.20. The highest BCUT2D eigenvalue weighted by Crippen LogP contribution is 2.36. The monoisotopic (exact) mass is 272 g/mol. The van der Waals surface area contributed by atoms with Gasteiger partial charge in [0.15, 0.2) is 5.69 Å². The molecule has 1 atom stereocenters. The summed E-state index contributed by atoms with van der Waals surface area (Å²) in [5.41, 5.74) is 1.28. The highest BCUT2D eigenvalue weighted by Gasteiger charge is 2.36. The van der Waals surface area contributed by atoms with Crippen LogP contribution in [0.25, 0.3) is 0 Å². The molecule has 1 aliphatic carbocycles. The van der Waals surface area contributed by atoms with Gasteiger partial charge in [0.1, 0.15) is 11.4 Å². The number of carbonyl (C=O) groups excluding carboxylic acids is 1. The van der Waals surface area contributed by atoms with E-state index in [9.17, 15) is 9.90 Å². The summed E-state index contributed by atoms with van der Waals surface area (Å²) >= 11 is 0. The van der Waals surface area contributed by atoms with Crippen LogP contribution in [0.2, 0.25) is 0 Å². The van der Waals surface area contributed by atoms with Crippen LogP contribution in [-0.2, 0) is 12.0 Å². The molecule has 0 bridgehead atoms. The molecule has 1 amide bonds. The number of fused-ring (bicyclic) bond motifs is 1. The molecule has 2 aromatic rings. The van der Waals surface area contributed by atoms with Gasteiger partial charge in [0.2, 0.25) is 0 Å². The summed E-state index contributed by atoms with van der Waals surface area (Å²) in [6.07, 6.45) is 1.44. The van der Waals surface area contributed by atoms with Crippen LogP contribution in [0.3, 0.4) is 0 Å². The minimum absolute atomic E-state index is 0.175. The molecule has 1 aliphatic rings. The maximum atomic E-state index is 11.9. The predicted octanol–water partition coefficient (Wildman–Crippen LogP) is 1.55. The molecule has 5 heteroatoms. The van der Waals surface area contributed by atoms with E-state index >= 15 is 0 Å². The number of amides is 1. The average Bonchev–Trinajstić information content (AvgIpc) is 3.02. The van der Waals surface area contributed by atoms with E-state index in [1.54, 1.807) is 13.0 Å². The molecule has 0 aliphatic heterocycles. The first-order chi connectivity index (χ1) is 9.58. The van der Waals surface area contributed by atoms with Crippen LogP contribution in [-0.4, -0.2) is 22.7 Å². The molecular weight excluding hydrogens is 256 g/mol. The fourth-order valence-corrected chi connectivity index (χ4v) is 2.64. The first-order valence-electron chi connectivity index (χ1n) is 6.61. The van der Waals surface area contributed by atoms with Crippen molar-refractivity contribution in [1.29, 1.82) is 0 Å². The Balaban J connectivity index is 1.71. The van der Waals surface area contributed by atoms with Crippen LogP contribution in [0.5, 0.6) is 0 Å². The van der Waals surface area contributed by atoms with Crippen LogP contribution in [0.15, 0.2) is 34.9 Å². The van der Waals surface area contributed by atoms with E-state index in [4.69, 9.17) is 4.52 Å². The van der Waals surface area contributed by atoms with Crippen molar-refractivity contribution in [3.8, 4) is 0 Å². The third-order valence-corrected chi connectivity index (χ3v) is 3.73. The summed E-state index contributed by atoms with van der Waals surface area (Å²) in [7, 11) is 0. The van der Waals surface area contributed by atoms with E-state index in [1.807, 2.05) is 24.3 Å². The predicted molar refractivity (Wildman–Crippen MR) is 72.2 cm³/mol. The molecule has 5 nitrogen and oxygen atoms in total. The van der Waals surface area contributed by atoms with Crippen LogP contribution in [0, 0.1) is 6.92 Å². The zero-order valence-corrected chi connectivity index (χ0v) is 11.2. The molecule has 1 aromatic heterocycles. The Morgan fingerprint density at radius 3 is 3.05 bits per heavy atom. The number of aromatic nitrogens is 1. The molecule has 1 aromatic carbocycles. The van der Waals surface area contributed by atoms with Gasteiger partial charge in [-0.1, -0.05) is 29.4 Å². The fourth-order valence-electron chi connectivity index (χ4n) is 2.64. The quantitative estimate of drug-likeness (QED) is 0.889. The lowest BCUT2D eigenvalue weighted by atomic mass is 9.96. The Labute approximate surface area is 116 Å². The standard InChI is InChI=1S/C15H16N2O3/c1-10-8-13(17-20-10)14(18)16-9-15(19)7-6-11-4-2-3-5-12(11)15/h2-5,8,19H,6-7,9H2,1H3,(H,16,18)/t15-/m0/s1. The topological polar surface area (TPSA) is 75.4 Å². The van der Waals surface area contributed by atoms with Crippen molar-refractivity contribution >= 4 is 5.91 Å². The smallest absolute Gasteiger partial charge is 0.273 e. The summed E-state index contributed by atoms with van der Waals surface area (Å²) in [5.74, 6) is 0.250. The number of rotatable bonds is 3. The summed E-state index contributed by atoms with van der Waals surface area (Å²) < 4.78 is 4.87. The summed E-state index contributed by atoms with van der Waals surface area (Å²) in [4.78, 5) is 11.9. The maximum Gasteiger partial charge on any atom is 0.273 e. The highest BCUT2D eigenvalue weighted by molar-refractivity contribution is 5.92. The van der Waals surface area contributed by atoms with Gasteiger partial charge >= 0.3 is 0 Å². The Hall–Kier alpha value is -2.14. The number of nitrogens with one attached hydrogen (secondary N) is 1. The van der Waals surface area contributed by atoms with E-state index < -0.39 is 5.60 Å². The van der Waals surface area contributed by atoms with Gasteiger partial charge in [-0.25, -0.2) is 0 Å². The lowest BCUT2D eigenvalue weighted by molar-refractivity contribution is 0.0368. The second-order valence-electron chi connectivity index (χ2n) is 5.19. The van der Waals surface area contributed by atoms with Gasteiger partial charge in [-0.3, -0.25) is 4.79 Å². The summed E-state index contributed by atoms with van der Waals surface area (Å²) in [5, 5.41) is 17.1. The number of benzene rings is 1. The molecule has 0 radical (unpaired) electrons. The second kappa shape index (κ2) is 4.76. The zero-order valence-electron chi connectivity index (χ0n) is 11.2. The van der Waals surface area contributed by atoms with E-state index in [2.05, 4.69) is 10.5 Å². The third-order valence-electron chi connectivity index (χ3n) is 3.73. The van der Waals surface area contributed by atoms with Crippen molar-refractivity contribution < 1.29 is 14.4 Å². The molecule has 0 saturated carbocycles. The Morgan fingerprint density at radius 1 is 1.50 bits per heavy atom. The van der Waals surface area contributed by atoms with Crippen molar-refractivity contribution in [2.75, 3.05) is 6.54 Å². The lowest BCUT2D eigenvalue weighted by Gasteiger charge is -2.24. The lowest BCUT2D eigenvalue weighted by Crippen LogP contribution is -2.39. The molecule has 3 rings (SSSR count). The molecule has 20 heavy (non-hydrogen) atoms. The normalized spacial score (nSPS) is 20.7. The van der Waals surface area contributed by atoms with E-state index in [1.165, 1.54) is 0 Å². The number of aliphatic hydroxyl groups is 1. The van der Waals surface area contributed by atoms with Gasteiger partial charge in [-0.05, 0) is 30.9 Å². The van der Waals surface area contributed by atoms with Crippen molar-refractivity contribution in [2.45, 2.75) is 25.4 Å². The zero-order chi connectivity index (χ0) is 14.2. The number of hydrogen-bond acceptors (Lipinski definition) is 4. The van der Waals surface area contributed by atoms with E-state index in [0.717, 1.165) is 17.5 Å². The first kappa shape index (κ1) is 12.9. The fraction of sp³-hybridized carbons (Fsp3) is 0.333. The highest BCUT2D eigenvalue weighted by atomic mass is 16.5. The van der Waals surface area contributed by atoms with Gasteiger partial charge in [0.25, 0.3) is 5.91 Å². The number of carbonyl (C=O) groups is 1. The Morgan fingerprint density at radius 2 is 2.30 bits per heavy atom. The van der Waals surface area contributed by atoms with Gasteiger partial charge in [-0.15, -0.1) is 0 Å². The van der Waals surface area contributed by atoms with Gasteiger partial charge in [0, 0.05) is 6.07 Å². The van der Waals surface area contributed by atoms with Gasteiger partial charge in [0.05, 0.1) is 6.54 Å². The molecule has 2 N–H and O–H groups in total. The maximum absolute atomic E-state index is 11.9. The molecule has 0 saturated heterocycles. The van der Waals surface area contributed by atoms with Crippen molar-refractivity contribution in [1.82, 2.24) is 10.5 Å². The van der Waals surface area contributed by atoms with E-state index in [0.29, 0.717) is 12.2 Å². The molecule has 0 unspecified atom stereocenters. The SMILES string of the molecule is Cc1cc(C(=O)NC[C@@]2(O)CCc3ccccc32)no1. The summed E-state index contributed by atoms with van der Waals surface area (Å²) in [6, 6.07) is 9.35. The largest absolute Gasteiger partial charge is 0.383 e. The average molecular weight is 272 g/mol. The number of aryl methyl sites for hydroxylation is 2. The molecule has 0 fully saturated rings. The van der Waals surface area contributed by atoms with Crippen molar-refractivity contribution in [3.63, 3.8) is 0 Å². The van der Waals surface area contributed by atoms with Gasteiger partial charge < -0.3 is 14.9 Å². The summed E-state index contributed by atoms with van der Waals surface area (Å²) in [6.45, 7) is 1.90. The Bertz CT molecular complexity index is 650. The van der Waals surface area contributed by atoms with Crippen molar-refractivity contribution in [3.05, 3.63) is 52.9 Å². The minimum atomic E-state index is -0.995. The molecular formula is C15H16N2O3. The molecule has 0 spiro atoms. The van der Waals surface area contributed by atoms with Crippen LogP contribution in [0.4, 0.5) is 0 Å². The van der Waals surface area contributed by atoms with Crippen LogP contribution >= 0.6 is 0 Å². The van der Waals surface area contributed by atoms with Crippen LogP contribution in [0.1, 0.15) is 33.8 Å². The van der Waals surface area contributed by atoms with Crippen LogP contribution < -0.4 is 5.32 Å².